The van der Waals surface area contributed by atoms with Crippen LogP contribution in [0.15, 0.2) is 28.9 Å². The van der Waals surface area contributed by atoms with Crippen molar-refractivity contribution in [3.05, 3.63) is 35.0 Å². The number of pyridine rings is 1. The number of carbonyl (C=O) groups is 1. The Morgan fingerprint density at radius 3 is 2.67 bits per heavy atom. The highest BCUT2D eigenvalue weighted by molar-refractivity contribution is 7.93. The maximum absolute atomic E-state index is 13.4. The van der Waals surface area contributed by atoms with Crippen LogP contribution in [0, 0.1) is 0 Å². The number of benzene rings is 1. The molecule has 2 fully saturated rings. The van der Waals surface area contributed by atoms with E-state index in [1.165, 1.54) is 17.2 Å². The first-order valence-electron chi connectivity index (χ1n) is 10.1. The predicted molar refractivity (Wildman–Crippen MR) is 114 cm³/mol. The summed E-state index contributed by atoms with van der Waals surface area (Å²) < 4.78 is 61.9. The molecule has 9 nitrogen and oxygen atoms in total. The number of anilines is 3. The van der Waals surface area contributed by atoms with E-state index in [4.69, 9.17) is 16.1 Å². The number of sulfonamides is 1. The number of nitrogens with one attached hydrogen (secondary N) is 1. The highest BCUT2D eigenvalue weighted by atomic mass is 35.5. The van der Waals surface area contributed by atoms with Gasteiger partial charge in [0.1, 0.15) is 5.02 Å². The van der Waals surface area contributed by atoms with Gasteiger partial charge in [0.05, 0.1) is 33.6 Å². The number of hydrogen-bond acceptors (Lipinski definition) is 7. The quantitative estimate of drug-likeness (QED) is 0.546. The first-order valence-corrected chi connectivity index (χ1v) is 12.0. The Morgan fingerprint density at radius 2 is 2.03 bits per heavy atom. The number of nitrogens with zero attached hydrogens (tertiary/aromatic N) is 3. The van der Waals surface area contributed by atoms with Crippen LogP contribution in [-0.4, -0.2) is 36.3 Å². The van der Waals surface area contributed by atoms with Crippen LogP contribution in [0.25, 0.3) is 11.0 Å². The summed E-state index contributed by atoms with van der Waals surface area (Å²) in [5, 5.41) is 3.73. The summed E-state index contributed by atoms with van der Waals surface area (Å²) in [4.78, 5) is 18.6. The third kappa shape index (κ3) is 3.15. The third-order valence-corrected chi connectivity index (χ3v) is 8.26. The summed E-state index contributed by atoms with van der Waals surface area (Å²) in [6.45, 7) is -3.09. The lowest BCUT2D eigenvalue weighted by Crippen LogP contribution is -2.28. The fraction of sp³-hybridized carbons (Fsp3) is 0.350. The Hall–Kier alpha value is -2.99. The van der Waals surface area contributed by atoms with Crippen LogP contribution in [0.3, 0.4) is 0 Å². The number of amides is 1. The number of rotatable bonds is 6. The number of fused-ring (bicyclic) bond motifs is 3. The topological polar surface area (TPSA) is 115 Å². The smallest absolute Gasteiger partial charge is 0.388 e. The molecule has 3 aromatic rings. The maximum Gasteiger partial charge on any atom is 0.388 e. The van der Waals surface area contributed by atoms with Gasteiger partial charge in [-0.1, -0.05) is 16.8 Å². The molecule has 1 amide bonds. The van der Waals surface area contributed by atoms with E-state index in [0.717, 1.165) is 0 Å². The minimum Gasteiger partial charge on any atom is -0.415 e. The molecule has 2 saturated carbocycles. The normalized spacial score (nSPS) is 18.9. The molecule has 0 saturated heterocycles. The van der Waals surface area contributed by atoms with Gasteiger partial charge in [0, 0.05) is 6.07 Å². The van der Waals surface area contributed by atoms with E-state index in [-0.39, 0.29) is 28.0 Å². The molecule has 2 aliphatic carbocycles. The Kier molecular flexibility index (Phi) is 4.22. The van der Waals surface area contributed by atoms with Crippen molar-refractivity contribution in [2.24, 2.45) is 0 Å². The average molecular weight is 497 g/mol. The minimum absolute atomic E-state index is 0.0830. The maximum atomic E-state index is 13.4. The number of alkyl halides is 2. The minimum atomic E-state index is -3.55. The van der Waals surface area contributed by atoms with E-state index in [0.29, 0.717) is 42.3 Å². The SMILES string of the molecule is O=C1N(c2cnc(OC(F)F)c(Cl)c2)c2cc3onc(NS(=O)(=O)C4CC4)c3cc2C12CC2. The zero-order valence-electron chi connectivity index (χ0n) is 16.7. The number of hydrogen-bond donors (Lipinski definition) is 1. The van der Waals surface area contributed by atoms with Gasteiger partial charge >= 0.3 is 6.61 Å². The number of ether oxygens (including phenoxy) is 1. The van der Waals surface area contributed by atoms with Gasteiger partial charge in [-0.3, -0.25) is 14.4 Å². The predicted octanol–water partition coefficient (Wildman–Crippen LogP) is 4.09. The monoisotopic (exact) mass is 496 g/mol. The second-order valence-corrected chi connectivity index (χ2v) is 10.7. The lowest BCUT2D eigenvalue weighted by Gasteiger charge is -2.18. The molecule has 1 aromatic carbocycles. The summed E-state index contributed by atoms with van der Waals surface area (Å²) in [6, 6.07) is 4.66. The van der Waals surface area contributed by atoms with Gasteiger partial charge in [-0.2, -0.15) is 8.78 Å². The van der Waals surface area contributed by atoms with Gasteiger partial charge in [-0.15, -0.1) is 0 Å². The zero-order valence-corrected chi connectivity index (χ0v) is 18.3. The van der Waals surface area contributed by atoms with Crippen molar-refractivity contribution in [2.45, 2.75) is 43.0 Å². The molecule has 3 aliphatic rings. The lowest BCUT2D eigenvalue weighted by molar-refractivity contribution is -0.119. The van der Waals surface area contributed by atoms with Gasteiger partial charge in [0.2, 0.25) is 21.8 Å². The fourth-order valence-corrected chi connectivity index (χ4v) is 5.77. The van der Waals surface area contributed by atoms with E-state index in [2.05, 4.69) is 19.6 Å². The van der Waals surface area contributed by atoms with Crippen LogP contribution < -0.4 is 14.4 Å². The molecule has 0 unspecified atom stereocenters. The molecule has 1 aliphatic heterocycles. The van der Waals surface area contributed by atoms with Crippen molar-refractivity contribution < 1.29 is 31.3 Å². The zero-order chi connectivity index (χ0) is 23.1. The Balaban J connectivity index is 1.43. The first-order chi connectivity index (χ1) is 15.7. The Labute approximate surface area is 190 Å². The second kappa shape index (κ2) is 6.76. The van der Waals surface area contributed by atoms with Gasteiger partial charge in [-0.05, 0) is 43.4 Å². The van der Waals surface area contributed by atoms with E-state index >= 15 is 0 Å². The molecule has 2 aromatic heterocycles. The van der Waals surface area contributed by atoms with E-state index in [1.54, 1.807) is 12.1 Å². The highest BCUT2D eigenvalue weighted by Crippen LogP contribution is 2.60. The first kappa shape index (κ1) is 20.6. The molecule has 33 heavy (non-hydrogen) atoms. The molecule has 6 rings (SSSR count). The van der Waals surface area contributed by atoms with Crippen molar-refractivity contribution >= 4 is 55.7 Å². The third-order valence-electron chi connectivity index (χ3n) is 6.16. The lowest BCUT2D eigenvalue weighted by atomic mass is 9.96. The van der Waals surface area contributed by atoms with Crippen LogP contribution in [0.5, 0.6) is 5.88 Å². The van der Waals surface area contributed by atoms with Crippen molar-refractivity contribution in [1.82, 2.24) is 10.1 Å². The van der Waals surface area contributed by atoms with Gasteiger partial charge in [0.25, 0.3) is 0 Å². The summed E-state index contributed by atoms with van der Waals surface area (Å²) in [7, 11) is -3.55. The largest absolute Gasteiger partial charge is 0.415 e. The average Bonchev–Trinajstić information content (AvgIpc) is 3.66. The number of halogens is 3. The van der Waals surface area contributed by atoms with Crippen LogP contribution in [-0.2, 0) is 20.2 Å². The molecule has 172 valence electrons. The van der Waals surface area contributed by atoms with Gasteiger partial charge < -0.3 is 9.26 Å². The number of aromatic nitrogens is 2. The van der Waals surface area contributed by atoms with Crippen LogP contribution >= 0.6 is 11.6 Å². The molecule has 0 radical (unpaired) electrons. The molecule has 1 N–H and O–H groups in total. The summed E-state index contributed by atoms with van der Waals surface area (Å²) in [5.41, 5.74) is 1.04. The van der Waals surface area contributed by atoms with Gasteiger partial charge in [-0.25, -0.2) is 13.4 Å². The fourth-order valence-electron chi connectivity index (χ4n) is 4.22. The van der Waals surface area contributed by atoms with Crippen LogP contribution in [0.1, 0.15) is 31.2 Å². The molecule has 0 atom stereocenters. The Morgan fingerprint density at radius 1 is 1.27 bits per heavy atom. The summed E-state index contributed by atoms with van der Waals surface area (Å²) in [5.74, 6) is -0.570. The second-order valence-electron chi connectivity index (χ2n) is 8.32. The van der Waals surface area contributed by atoms with E-state index < -0.39 is 33.2 Å². The van der Waals surface area contributed by atoms with Gasteiger partial charge in [0.15, 0.2) is 11.4 Å². The number of carbonyl (C=O) groups excluding carboxylic acids is 1. The standard InChI is InChI=1S/C20H15ClF2N4O5S/c21-13-5-9(8-24-17(13)31-19(22)23)27-14-7-15-11(6-12(14)20(3-4-20)18(27)28)16(25-32-15)26-33(29,30)10-1-2-10/h5-8,10,19H,1-4H2,(H,25,26). The van der Waals surface area contributed by atoms with E-state index in [9.17, 15) is 22.0 Å². The summed E-state index contributed by atoms with van der Waals surface area (Å²) in [6.07, 6.45) is 3.66. The van der Waals surface area contributed by atoms with E-state index in [1.807, 2.05) is 0 Å². The van der Waals surface area contributed by atoms with Crippen LogP contribution in [0.4, 0.5) is 26.0 Å². The molecular formula is C20H15ClF2N4O5S. The van der Waals surface area contributed by atoms with Crippen molar-refractivity contribution in [1.29, 1.82) is 0 Å². The molecule has 13 heteroatoms. The van der Waals surface area contributed by atoms with Crippen molar-refractivity contribution in [3.8, 4) is 5.88 Å². The van der Waals surface area contributed by atoms with Crippen molar-refractivity contribution in [3.63, 3.8) is 0 Å². The molecule has 3 heterocycles. The molecule has 1 spiro atoms. The van der Waals surface area contributed by atoms with Crippen molar-refractivity contribution in [2.75, 3.05) is 9.62 Å². The Bertz CT molecular complexity index is 1440. The highest BCUT2D eigenvalue weighted by Gasteiger charge is 2.60. The molecule has 0 bridgehead atoms. The molecular weight excluding hydrogens is 482 g/mol. The van der Waals surface area contributed by atoms with Crippen LogP contribution in [0.2, 0.25) is 5.02 Å². The summed E-state index contributed by atoms with van der Waals surface area (Å²) >= 11 is 6.05.